The highest BCUT2D eigenvalue weighted by Crippen LogP contribution is 2.07. The molecule has 2 aromatic rings. The van der Waals surface area contributed by atoms with Gasteiger partial charge in [0.05, 0.1) is 5.56 Å². The molecule has 24 heavy (non-hydrogen) atoms. The largest absolute Gasteiger partial charge is 0.458 e. The molecule has 2 amide bonds. The molecule has 1 aromatic carbocycles. The lowest BCUT2D eigenvalue weighted by Gasteiger charge is -2.01. The van der Waals surface area contributed by atoms with Crippen LogP contribution in [-0.2, 0) is 4.79 Å². The lowest BCUT2D eigenvalue weighted by atomic mass is 10.1. The van der Waals surface area contributed by atoms with Crippen LogP contribution in [0.1, 0.15) is 40.1 Å². The molecular formula is C18H18N2O4. The van der Waals surface area contributed by atoms with Crippen molar-refractivity contribution < 1.29 is 19.2 Å². The maximum atomic E-state index is 11.9. The zero-order valence-electron chi connectivity index (χ0n) is 13.3. The molecule has 0 spiro atoms. The number of furan rings is 1. The number of rotatable bonds is 5. The Hall–Kier alpha value is -3.04. The monoisotopic (exact) mass is 326 g/mol. The molecule has 0 bridgehead atoms. The summed E-state index contributed by atoms with van der Waals surface area (Å²) in [7, 11) is 0. The second-order valence-corrected chi connectivity index (χ2v) is 5.21. The van der Waals surface area contributed by atoms with Gasteiger partial charge in [0.15, 0.2) is 5.76 Å². The fraction of sp³-hybridized carbons (Fsp3) is 0.222. The molecule has 0 unspecified atom stereocenters. The van der Waals surface area contributed by atoms with Crippen LogP contribution >= 0.6 is 0 Å². The maximum absolute atomic E-state index is 11.9. The number of carbonyl (C=O) groups is 2. The van der Waals surface area contributed by atoms with Crippen LogP contribution in [0.2, 0.25) is 0 Å². The molecule has 0 radical (unpaired) electrons. The van der Waals surface area contributed by atoms with E-state index in [9.17, 15) is 9.59 Å². The SMILES string of the molecule is Cc1ccc(C#Cc2coc(C(=O)NCCCC(=O)NO)c2)cc1. The van der Waals surface area contributed by atoms with E-state index in [2.05, 4.69) is 17.2 Å². The summed E-state index contributed by atoms with van der Waals surface area (Å²) in [5.74, 6) is 5.24. The number of carbonyl (C=O) groups excluding carboxylic acids is 2. The number of hydroxylamine groups is 1. The van der Waals surface area contributed by atoms with Crippen molar-refractivity contribution in [3.8, 4) is 11.8 Å². The number of aryl methyl sites for hydroxylation is 1. The number of amides is 2. The minimum absolute atomic E-state index is 0.127. The first kappa shape index (κ1) is 17.3. The molecule has 1 heterocycles. The smallest absolute Gasteiger partial charge is 0.287 e. The van der Waals surface area contributed by atoms with Gasteiger partial charge in [-0.3, -0.25) is 14.8 Å². The molecular weight excluding hydrogens is 308 g/mol. The average Bonchev–Trinajstić information content (AvgIpc) is 3.07. The summed E-state index contributed by atoms with van der Waals surface area (Å²) < 4.78 is 5.20. The third-order valence-electron chi connectivity index (χ3n) is 3.22. The molecule has 0 aliphatic rings. The fourth-order valence-electron chi connectivity index (χ4n) is 1.90. The Labute approximate surface area is 139 Å². The van der Waals surface area contributed by atoms with Crippen LogP contribution in [-0.4, -0.2) is 23.6 Å². The Morgan fingerprint density at radius 1 is 1.17 bits per heavy atom. The van der Waals surface area contributed by atoms with Crippen molar-refractivity contribution in [1.82, 2.24) is 10.8 Å². The van der Waals surface area contributed by atoms with E-state index in [1.54, 1.807) is 6.07 Å². The molecule has 0 aliphatic heterocycles. The number of hydrogen-bond donors (Lipinski definition) is 3. The highest BCUT2D eigenvalue weighted by molar-refractivity contribution is 5.91. The van der Waals surface area contributed by atoms with Crippen LogP contribution in [0.3, 0.4) is 0 Å². The van der Waals surface area contributed by atoms with E-state index in [1.165, 1.54) is 17.3 Å². The molecule has 124 valence electrons. The summed E-state index contributed by atoms with van der Waals surface area (Å²) in [6.07, 6.45) is 1.97. The first-order chi connectivity index (χ1) is 11.6. The first-order valence-electron chi connectivity index (χ1n) is 7.47. The maximum Gasteiger partial charge on any atom is 0.287 e. The quantitative estimate of drug-likeness (QED) is 0.339. The van der Waals surface area contributed by atoms with Gasteiger partial charge >= 0.3 is 0 Å². The lowest BCUT2D eigenvalue weighted by Crippen LogP contribution is -2.26. The van der Waals surface area contributed by atoms with E-state index >= 15 is 0 Å². The van der Waals surface area contributed by atoms with Crippen molar-refractivity contribution in [2.24, 2.45) is 0 Å². The minimum atomic E-state index is -0.490. The predicted octanol–water partition coefficient (Wildman–Crippen LogP) is 2.00. The first-order valence-corrected chi connectivity index (χ1v) is 7.47. The van der Waals surface area contributed by atoms with Crippen molar-refractivity contribution in [2.75, 3.05) is 6.54 Å². The van der Waals surface area contributed by atoms with Gasteiger partial charge in [-0.05, 0) is 25.5 Å². The van der Waals surface area contributed by atoms with E-state index in [0.29, 0.717) is 18.5 Å². The minimum Gasteiger partial charge on any atom is -0.458 e. The summed E-state index contributed by atoms with van der Waals surface area (Å²) in [5, 5.41) is 11.0. The van der Waals surface area contributed by atoms with E-state index in [4.69, 9.17) is 9.62 Å². The van der Waals surface area contributed by atoms with Crippen molar-refractivity contribution in [3.05, 3.63) is 59.0 Å². The van der Waals surface area contributed by atoms with Gasteiger partial charge in [-0.25, -0.2) is 5.48 Å². The van der Waals surface area contributed by atoms with Gasteiger partial charge in [0, 0.05) is 24.6 Å². The van der Waals surface area contributed by atoms with Crippen LogP contribution in [0.15, 0.2) is 41.0 Å². The molecule has 2 rings (SSSR count). The molecule has 6 nitrogen and oxygen atoms in total. The normalized spacial score (nSPS) is 9.75. The summed E-state index contributed by atoms with van der Waals surface area (Å²) >= 11 is 0. The third kappa shape index (κ3) is 5.30. The molecule has 0 aliphatic carbocycles. The molecule has 0 saturated heterocycles. The summed E-state index contributed by atoms with van der Waals surface area (Å²) in [6, 6.07) is 9.39. The van der Waals surface area contributed by atoms with Crippen LogP contribution in [0.5, 0.6) is 0 Å². The summed E-state index contributed by atoms with van der Waals surface area (Å²) in [5.41, 5.74) is 4.19. The number of nitrogens with one attached hydrogen (secondary N) is 2. The van der Waals surface area contributed by atoms with Crippen molar-refractivity contribution in [1.29, 1.82) is 0 Å². The van der Waals surface area contributed by atoms with Crippen LogP contribution in [0.25, 0.3) is 0 Å². The standard InChI is InChI=1S/C18H18N2O4/c1-13-4-6-14(7-5-13)8-9-15-11-16(24-12-15)18(22)19-10-2-3-17(21)20-23/h4-7,11-12,23H,2-3,10H2,1H3,(H,19,22)(H,20,21). The Bertz CT molecular complexity index is 766. The van der Waals surface area contributed by atoms with Gasteiger partial charge in [-0.2, -0.15) is 0 Å². The Morgan fingerprint density at radius 2 is 1.88 bits per heavy atom. The van der Waals surface area contributed by atoms with E-state index < -0.39 is 5.91 Å². The van der Waals surface area contributed by atoms with Gasteiger partial charge in [0.2, 0.25) is 5.91 Å². The van der Waals surface area contributed by atoms with E-state index in [1.807, 2.05) is 31.2 Å². The Morgan fingerprint density at radius 3 is 2.58 bits per heavy atom. The van der Waals surface area contributed by atoms with Gasteiger partial charge in [-0.1, -0.05) is 29.5 Å². The van der Waals surface area contributed by atoms with Crippen molar-refractivity contribution in [2.45, 2.75) is 19.8 Å². The fourth-order valence-corrected chi connectivity index (χ4v) is 1.90. The molecule has 6 heteroatoms. The molecule has 0 fully saturated rings. The molecule has 3 N–H and O–H groups in total. The Kier molecular flexibility index (Phi) is 6.17. The van der Waals surface area contributed by atoms with Gasteiger partial charge in [0.25, 0.3) is 5.91 Å². The number of hydrogen-bond acceptors (Lipinski definition) is 4. The van der Waals surface area contributed by atoms with Crippen LogP contribution in [0, 0.1) is 18.8 Å². The molecule has 0 saturated carbocycles. The zero-order valence-corrected chi connectivity index (χ0v) is 13.3. The molecule has 1 aromatic heterocycles. The number of benzene rings is 1. The van der Waals surface area contributed by atoms with E-state index in [-0.39, 0.29) is 18.1 Å². The highest BCUT2D eigenvalue weighted by Gasteiger charge is 2.10. The van der Waals surface area contributed by atoms with Crippen molar-refractivity contribution in [3.63, 3.8) is 0 Å². The lowest BCUT2D eigenvalue weighted by molar-refractivity contribution is -0.129. The Balaban J connectivity index is 1.87. The zero-order chi connectivity index (χ0) is 17.4. The summed E-state index contributed by atoms with van der Waals surface area (Å²) in [6.45, 7) is 2.31. The highest BCUT2D eigenvalue weighted by atomic mass is 16.5. The van der Waals surface area contributed by atoms with Crippen LogP contribution in [0.4, 0.5) is 0 Å². The summed E-state index contributed by atoms with van der Waals surface area (Å²) in [4.78, 5) is 22.7. The third-order valence-corrected chi connectivity index (χ3v) is 3.22. The average molecular weight is 326 g/mol. The predicted molar refractivity (Wildman–Crippen MR) is 87.4 cm³/mol. The van der Waals surface area contributed by atoms with Gasteiger partial charge in [0.1, 0.15) is 6.26 Å². The van der Waals surface area contributed by atoms with Crippen LogP contribution < -0.4 is 10.8 Å². The van der Waals surface area contributed by atoms with E-state index in [0.717, 1.165) is 5.56 Å². The second kappa shape index (κ2) is 8.56. The second-order valence-electron chi connectivity index (χ2n) is 5.21. The topological polar surface area (TPSA) is 91.6 Å². The van der Waals surface area contributed by atoms with Crippen molar-refractivity contribution >= 4 is 11.8 Å². The molecule has 0 atom stereocenters. The van der Waals surface area contributed by atoms with Gasteiger partial charge in [-0.15, -0.1) is 0 Å². The van der Waals surface area contributed by atoms with Gasteiger partial charge < -0.3 is 9.73 Å².